The van der Waals surface area contributed by atoms with Gasteiger partial charge in [0.05, 0.1) is 10.7 Å². The van der Waals surface area contributed by atoms with Crippen LogP contribution in [0.3, 0.4) is 0 Å². The number of carbonyl (C=O) groups excluding carboxylic acids is 1. The van der Waals surface area contributed by atoms with Gasteiger partial charge in [-0.15, -0.1) is 0 Å². The molecule has 1 aromatic carbocycles. The summed E-state index contributed by atoms with van der Waals surface area (Å²) in [5.41, 5.74) is 1.68. The third-order valence-corrected chi connectivity index (χ3v) is 2.59. The van der Waals surface area contributed by atoms with Crippen molar-refractivity contribution in [2.45, 2.75) is 0 Å². The molecule has 0 unspecified atom stereocenters. The Kier molecular flexibility index (Phi) is 3.22. The maximum atomic E-state index is 11.1. The van der Waals surface area contributed by atoms with Crippen LogP contribution in [-0.2, 0) is 0 Å². The molecule has 0 spiro atoms. The molecule has 2 rings (SSSR count). The van der Waals surface area contributed by atoms with E-state index in [2.05, 4.69) is 4.98 Å². The fraction of sp³-hybridized carbons (Fsp3) is 0. The third kappa shape index (κ3) is 2.23. The molecule has 80 valence electrons. The van der Waals surface area contributed by atoms with Crippen LogP contribution in [-0.4, -0.2) is 10.2 Å². The highest BCUT2D eigenvalue weighted by atomic mass is 35.5. The predicted molar refractivity (Wildman–Crippen MR) is 64.9 cm³/mol. The van der Waals surface area contributed by atoms with Gasteiger partial charge in [-0.3, -0.25) is 4.79 Å². The van der Waals surface area contributed by atoms with E-state index in [0.717, 1.165) is 5.56 Å². The number of carbonyl (C=O) groups is 1. The molecule has 2 nitrogen and oxygen atoms in total. The topological polar surface area (TPSA) is 30.0 Å². The molecule has 0 fully saturated rings. The van der Waals surface area contributed by atoms with Gasteiger partial charge in [0.2, 0.25) is 0 Å². The summed E-state index contributed by atoms with van der Waals surface area (Å²) in [6.07, 6.45) is 0. The standard InChI is InChI=1S/C12H7Cl2NO/c13-9-6-7-10(15-11(9)12(14)16)8-4-2-1-3-5-8/h1-7H. The molecule has 16 heavy (non-hydrogen) atoms. The fourth-order valence-electron chi connectivity index (χ4n) is 1.35. The lowest BCUT2D eigenvalue weighted by Crippen LogP contribution is -1.97. The van der Waals surface area contributed by atoms with Crippen molar-refractivity contribution in [3.63, 3.8) is 0 Å². The highest BCUT2D eigenvalue weighted by molar-refractivity contribution is 6.68. The molecule has 4 heteroatoms. The van der Waals surface area contributed by atoms with E-state index in [1.807, 2.05) is 30.3 Å². The Morgan fingerprint density at radius 2 is 1.75 bits per heavy atom. The van der Waals surface area contributed by atoms with E-state index < -0.39 is 5.24 Å². The van der Waals surface area contributed by atoms with Gasteiger partial charge >= 0.3 is 0 Å². The van der Waals surface area contributed by atoms with Crippen LogP contribution in [0.25, 0.3) is 11.3 Å². The van der Waals surface area contributed by atoms with E-state index in [1.54, 1.807) is 12.1 Å². The zero-order chi connectivity index (χ0) is 11.5. The van der Waals surface area contributed by atoms with E-state index in [-0.39, 0.29) is 10.7 Å². The molecule has 0 atom stereocenters. The van der Waals surface area contributed by atoms with Gasteiger partial charge in [0.25, 0.3) is 5.24 Å². The smallest absolute Gasteiger partial charge is 0.272 e. The molecule has 1 heterocycles. The van der Waals surface area contributed by atoms with Crippen LogP contribution in [0.5, 0.6) is 0 Å². The Hall–Kier alpha value is -1.38. The second-order valence-corrected chi connectivity index (χ2v) is 3.92. The number of aromatic nitrogens is 1. The maximum absolute atomic E-state index is 11.1. The van der Waals surface area contributed by atoms with Crippen molar-refractivity contribution in [3.05, 3.63) is 53.2 Å². The average Bonchev–Trinajstić information content (AvgIpc) is 2.30. The van der Waals surface area contributed by atoms with Gasteiger partial charge in [-0.2, -0.15) is 0 Å². The molecule has 0 aliphatic rings. The van der Waals surface area contributed by atoms with Gasteiger partial charge in [0.1, 0.15) is 5.69 Å². The monoisotopic (exact) mass is 251 g/mol. The van der Waals surface area contributed by atoms with E-state index in [9.17, 15) is 4.79 Å². The Morgan fingerprint density at radius 1 is 1.06 bits per heavy atom. The summed E-state index contributed by atoms with van der Waals surface area (Å²) in [6.45, 7) is 0. The number of nitrogens with zero attached hydrogens (tertiary/aromatic N) is 1. The molecule has 0 amide bonds. The van der Waals surface area contributed by atoms with Gasteiger partial charge in [-0.25, -0.2) is 4.98 Å². The van der Waals surface area contributed by atoms with Gasteiger partial charge < -0.3 is 0 Å². The predicted octanol–water partition coefficient (Wildman–Crippen LogP) is 3.78. The molecule has 0 saturated heterocycles. The van der Waals surface area contributed by atoms with E-state index in [4.69, 9.17) is 23.2 Å². The van der Waals surface area contributed by atoms with Crippen LogP contribution >= 0.6 is 23.2 Å². The first kappa shape index (κ1) is 11.1. The van der Waals surface area contributed by atoms with Crippen molar-refractivity contribution in [2.75, 3.05) is 0 Å². The largest absolute Gasteiger partial charge is 0.274 e. The van der Waals surface area contributed by atoms with Gasteiger partial charge in [0, 0.05) is 5.56 Å². The quantitative estimate of drug-likeness (QED) is 0.761. The molecule has 0 aliphatic heterocycles. The first-order valence-corrected chi connectivity index (χ1v) is 5.36. The summed E-state index contributed by atoms with van der Waals surface area (Å²) in [6, 6.07) is 12.9. The van der Waals surface area contributed by atoms with E-state index in [1.165, 1.54) is 0 Å². The Labute approximate surface area is 103 Å². The lowest BCUT2D eigenvalue weighted by Gasteiger charge is -2.03. The summed E-state index contributed by atoms with van der Waals surface area (Å²) < 4.78 is 0. The van der Waals surface area contributed by atoms with Crippen molar-refractivity contribution in [2.24, 2.45) is 0 Å². The minimum atomic E-state index is -0.650. The first-order chi connectivity index (χ1) is 7.68. The van der Waals surface area contributed by atoms with E-state index >= 15 is 0 Å². The van der Waals surface area contributed by atoms with Crippen LogP contribution in [0.15, 0.2) is 42.5 Å². The number of benzene rings is 1. The van der Waals surface area contributed by atoms with Gasteiger partial charge in [0.15, 0.2) is 0 Å². The fourth-order valence-corrected chi connectivity index (χ4v) is 1.73. The maximum Gasteiger partial charge on any atom is 0.272 e. The van der Waals surface area contributed by atoms with Crippen LogP contribution in [0, 0.1) is 0 Å². The van der Waals surface area contributed by atoms with Gasteiger partial charge in [-0.05, 0) is 23.7 Å². The van der Waals surface area contributed by atoms with Crippen LogP contribution < -0.4 is 0 Å². The number of halogens is 2. The Balaban J connectivity index is 2.52. The molecule has 2 aromatic rings. The normalized spacial score (nSPS) is 10.1. The minimum Gasteiger partial charge on any atom is -0.274 e. The highest BCUT2D eigenvalue weighted by Gasteiger charge is 2.11. The lowest BCUT2D eigenvalue weighted by atomic mass is 10.1. The molecule has 0 bridgehead atoms. The van der Waals surface area contributed by atoms with Crippen molar-refractivity contribution < 1.29 is 4.79 Å². The summed E-state index contributed by atoms with van der Waals surface area (Å²) >= 11 is 11.2. The molecular weight excluding hydrogens is 245 g/mol. The van der Waals surface area contributed by atoms with Crippen molar-refractivity contribution in [1.29, 1.82) is 0 Å². The summed E-state index contributed by atoms with van der Waals surface area (Å²) in [5, 5.41) is -0.387. The average molecular weight is 252 g/mol. The number of pyridine rings is 1. The first-order valence-electron chi connectivity index (χ1n) is 4.60. The van der Waals surface area contributed by atoms with Gasteiger partial charge in [-0.1, -0.05) is 41.9 Å². The molecular formula is C12H7Cl2NO. The third-order valence-electron chi connectivity index (χ3n) is 2.10. The van der Waals surface area contributed by atoms with Crippen molar-refractivity contribution >= 4 is 28.4 Å². The SMILES string of the molecule is O=C(Cl)c1nc(-c2ccccc2)ccc1Cl. The summed E-state index contributed by atoms with van der Waals surface area (Å²) in [5.74, 6) is 0. The van der Waals surface area contributed by atoms with E-state index in [0.29, 0.717) is 5.69 Å². The summed E-state index contributed by atoms with van der Waals surface area (Å²) in [4.78, 5) is 15.2. The molecule has 0 radical (unpaired) electrons. The van der Waals surface area contributed by atoms with Crippen molar-refractivity contribution in [3.8, 4) is 11.3 Å². The second kappa shape index (κ2) is 4.64. The van der Waals surface area contributed by atoms with Crippen LogP contribution in [0.1, 0.15) is 10.5 Å². The zero-order valence-corrected chi connectivity index (χ0v) is 9.66. The molecule has 0 saturated carbocycles. The number of hydrogen-bond donors (Lipinski definition) is 0. The molecule has 0 aliphatic carbocycles. The van der Waals surface area contributed by atoms with Crippen molar-refractivity contribution in [1.82, 2.24) is 4.98 Å². The van der Waals surface area contributed by atoms with Crippen LogP contribution in [0.2, 0.25) is 5.02 Å². The number of rotatable bonds is 2. The Bertz CT molecular complexity index is 526. The van der Waals surface area contributed by atoms with Crippen LogP contribution in [0.4, 0.5) is 0 Å². The minimum absolute atomic E-state index is 0.0877. The lowest BCUT2D eigenvalue weighted by molar-refractivity contribution is 0.107. The molecule has 1 aromatic heterocycles. The second-order valence-electron chi connectivity index (χ2n) is 3.17. The summed E-state index contributed by atoms with van der Waals surface area (Å²) in [7, 11) is 0. The Morgan fingerprint density at radius 3 is 2.38 bits per heavy atom. The molecule has 0 N–H and O–H groups in total. The highest BCUT2D eigenvalue weighted by Crippen LogP contribution is 2.22. The zero-order valence-electron chi connectivity index (χ0n) is 8.15. The number of hydrogen-bond acceptors (Lipinski definition) is 2.